The molecule has 1 rings (SSSR count). The Bertz CT molecular complexity index is 431. The summed E-state index contributed by atoms with van der Waals surface area (Å²) < 4.78 is 12.7. The summed E-state index contributed by atoms with van der Waals surface area (Å²) in [5.41, 5.74) is 5.92. The van der Waals surface area contributed by atoms with Crippen LogP contribution < -0.4 is 11.1 Å². The molecular formula is C13H17FN2O2. The summed E-state index contributed by atoms with van der Waals surface area (Å²) in [6.45, 7) is 3.39. The maximum Gasteiger partial charge on any atom is 0.239 e. The second-order valence-corrected chi connectivity index (χ2v) is 4.35. The highest BCUT2D eigenvalue weighted by Crippen LogP contribution is 2.19. The molecule has 0 aliphatic rings. The molecule has 3 N–H and O–H groups in total. The van der Waals surface area contributed by atoms with Crippen molar-refractivity contribution >= 4 is 11.8 Å². The van der Waals surface area contributed by atoms with Gasteiger partial charge in [0.2, 0.25) is 11.8 Å². The molecule has 0 aliphatic carbocycles. The van der Waals surface area contributed by atoms with E-state index in [1.807, 2.05) is 6.92 Å². The van der Waals surface area contributed by atoms with Crippen LogP contribution in [0.5, 0.6) is 0 Å². The average molecular weight is 252 g/mol. The van der Waals surface area contributed by atoms with Gasteiger partial charge >= 0.3 is 0 Å². The van der Waals surface area contributed by atoms with E-state index in [1.54, 1.807) is 12.1 Å². The van der Waals surface area contributed by atoms with E-state index in [9.17, 15) is 14.0 Å². The van der Waals surface area contributed by atoms with Crippen LogP contribution in [0.1, 0.15) is 31.7 Å². The van der Waals surface area contributed by atoms with Crippen LogP contribution >= 0.6 is 0 Å². The van der Waals surface area contributed by atoms with Crippen LogP contribution in [-0.4, -0.2) is 17.9 Å². The lowest BCUT2D eigenvalue weighted by molar-refractivity contribution is -0.127. The van der Waals surface area contributed by atoms with Gasteiger partial charge in [0.25, 0.3) is 0 Å². The molecule has 2 unspecified atom stereocenters. The third kappa shape index (κ3) is 4.16. The van der Waals surface area contributed by atoms with E-state index >= 15 is 0 Å². The first-order valence-electron chi connectivity index (χ1n) is 5.74. The number of carbonyl (C=O) groups is 2. The number of amides is 2. The predicted octanol–water partition coefficient (Wildman–Crippen LogP) is 1.31. The fraction of sp³-hybridized carbons (Fsp3) is 0.385. The smallest absolute Gasteiger partial charge is 0.239 e. The van der Waals surface area contributed by atoms with Crippen molar-refractivity contribution in [3.8, 4) is 0 Å². The van der Waals surface area contributed by atoms with E-state index in [0.717, 1.165) is 5.56 Å². The molecule has 4 nitrogen and oxygen atoms in total. The molecule has 5 heteroatoms. The first-order valence-corrected chi connectivity index (χ1v) is 5.74. The van der Waals surface area contributed by atoms with Gasteiger partial charge in [-0.1, -0.05) is 19.1 Å². The fourth-order valence-electron chi connectivity index (χ4n) is 1.56. The standard InChI is InChI=1S/C13H17FN2O2/c1-8(10-3-5-11(14)6-4-10)7-12(17)16-9(2)13(15)18/h3-6,8-9H,7H2,1-2H3,(H2,15,18)(H,16,17). The van der Waals surface area contributed by atoms with Gasteiger partial charge in [-0.3, -0.25) is 9.59 Å². The molecule has 2 amide bonds. The minimum Gasteiger partial charge on any atom is -0.368 e. The Morgan fingerprint density at radius 3 is 2.33 bits per heavy atom. The van der Waals surface area contributed by atoms with Crippen molar-refractivity contribution < 1.29 is 14.0 Å². The second-order valence-electron chi connectivity index (χ2n) is 4.35. The van der Waals surface area contributed by atoms with Crippen molar-refractivity contribution in [3.05, 3.63) is 35.6 Å². The molecule has 18 heavy (non-hydrogen) atoms. The Kier molecular flexibility index (Phi) is 4.83. The Balaban J connectivity index is 2.54. The van der Waals surface area contributed by atoms with Crippen molar-refractivity contribution in [2.45, 2.75) is 32.2 Å². The van der Waals surface area contributed by atoms with Crippen molar-refractivity contribution in [1.29, 1.82) is 0 Å². The van der Waals surface area contributed by atoms with Crippen LogP contribution in [0.15, 0.2) is 24.3 Å². The maximum atomic E-state index is 12.7. The van der Waals surface area contributed by atoms with Crippen LogP contribution in [0.4, 0.5) is 4.39 Å². The number of hydrogen-bond acceptors (Lipinski definition) is 2. The summed E-state index contributed by atoms with van der Waals surface area (Å²) in [7, 11) is 0. The number of halogens is 1. The lowest BCUT2D eigenvalue weighted by atomic mass is 9.97. The zero-order valence-electron chi connectivity index (χ0n) is 10.4. The average Bonchev–Trinajstić information content (AvgIpc) is 2.29. The summed E-state index contributed by atoms with van der Waals surface area (Å²) in [5, 5.41) is 2.50. The number of nitrogens with two attached hydrogens (primary N) is 1. The fourth-order valence-corrected chi connectivity index (χ4v) is 1.56. The molecule has 0 saturated heterocycles. The summed E-state index contributed by atoms with van der Waals surface area (Å²) in [6.07, 6.45) is 0.225. The Morgan fingerprint density at radius 2 is 1.83 bits per heavy atom. The van der Waals surface area contributed by atoms with Crippen LogP contribution in [0.2, 0.25) is 0 Å². The van der Waals surface area contributed by atoms with Crippen molar-refractivity contribution in [3.63, 3.8) is 0 Å². The molecule has 0 aliphatic heterocycles. The predicted molar refractivity (Wildman–Crippen MR) is 66.2 cm³/mol. The molecule has 0 radical (unpaired) electrons. The third-order valence-corrected chi connectivity index (χ3v) is 2.73. The van der Waals surface area contributed by atoms with Gasteiger partial charge in [0.05, 0.1) is 0 Å². The molecule has 0 spiro atoms. The summed E-state index contributed by atoms with van der Waals surface area (Å²) in [5.74, 6) is -1.18. The topological polar surface area (TPSA) is 72.2 Å². The zero-order chi connectivity index (χ0) is 13.7. The molecule has 0 saturated carbocycles. The normalized spacial score (nSPS) is 13.7. The Labute approximate surface area is 105 Å². The summed E-state index contributed by atoms with van der Waals surface area (Å²) in [4.78, 5) is 22.4. The summed E-state index contributed by atoms with van der Waals surface area (Å²) >= 11 is 0. The van der Waals surface area contributed by atoms with E-state index < -0.39 is 11.9 Å². The van der Waals surface area contributed by atoms with Gasteiger partial charge in [-0.25, -0.2) is 4.39 Å². The lowest BCUT2D eigenvalue weighted by Crippen LogP contribution is -2.42. The van der Waals surface area contributed by atoms with Gasteiger partial charge in [-0.15, -0.1) is 0 Å². The van der Waals surface area contributed by atoms with Gasteiger partial charge in [0, 0.05) is 6.42 Å². The van der Waals surface area contributed by atoms with E-state index in [0.29, 0.717) is 0 Å². The molecular weight excluding hydrogens is 235 g/mol. The molecule has 1 aromatic carbocycles. The number of carbonyl (C=O) groups excluding carboxylic acids is 2. The van der Waals surface area contributed by atoms with E-state index in [2.05, 4.69) is 5.32 Å². The van der Waals surface area contributed by atoms with Crippen LogP contribution in [0.3, 0.4) is 0 Å². The summed E-state index contributed by atoms with van der Waals surface area (Å²) in [6, 6.07) is 5.32. The SMILES string of the molecule is CC(NC(=O)CC(C)c1ccc(F)cc1)C(N)=O. The Morgan fingerprint density at radius 1 is 1.28 bits per heavy atom. The van der Waals surface area contributed by atoms with Crippen molar-refractivity contribution in [2.75, 3.05) is 0 Å². The van der Waals surface area contributed by atoms with Gasteiger partial charge in [0.1, 0.15) is 11.9 Å². The lowest BCUT2D eigenvalue weighted by Gasteiger charge is -2.14. The second kappa shape index (κ2) is 6.14. The molecule has 98 valence electrons. The Hall–Kier alpha value is -1.91. The number of primary amides is 1. The maximum absolute atomic E-state index is 12.7. The highest BCUT2D eigenvalue weighted by molar-refractivity contribution is 5.86. The highest BCUT2D eigenvalue weighted by Gasteiger charge is 2.15. The van der Waals surface area contributed by atoms with Crippen molar-refractivity contribution in [1.82, 2.24) is 5.32 Å². The number of rotatable bonds is 5. The molecule has 0 fully saturated rings. The molecule has 0 aromatic heterocycles. The quantitative estimate of drug-likeness (QED) is 0.829. The molecule has 0 heterocycles. The van der Waals surface area contributed by atoms with Gasteiger partial charge < -0.3 is 11.1 Å². The largest absolute Gasteiger partial charge is 0.368 e. The first-order chi connectivity index (χ1) is 8.40. The number of benzene rings is 1. The van der Waals surface area contributed by atoms with E-state index in [-0.39, 0.29) is 24.1 Å². The molecule has 0 bridgehead atoms. The number of nitrogens with one attached hydrogen (secondary N) is 1. The number of hydrogen-bond donors (Lipinski definition) is 2. The minimum absolute atomic E-state index is 0.0503. The monoisotopic (exact) mass is 252 g/mol. The van der Waals surface area contributed by atoms with E-state index in [4.69, 9.17) is 5.73 Å². The van der Waals surface area contributed by atoms with Gasteiger partial charge in [-0.2, -0.15) is 0 Å². The van der Waals surface area contributed by atoms with Crippen LogP contribution in [-0.2, 0) is 9.59 Å². The van der Waals surface area contributed by atoms with Crippen molar-refractivity contribution in [2.24, 2.45) is 5.73 Å². The zero-order valence-corrected chi connectivity index (χ0v) is 10.4. The molecule has 1 aromatic rings. The van der Waals surface area contributed by atoms with Crippen LogP contribution in [0, 0.1) is 5.82 Å². The van der Waals surface area contributed by atoms with Gasteiger partial charge in [0.15, 0.2) is 0 Å². The highest BCUT2D eigenvalue weighted by atomic mass is 19.1. The molecule has 2 atom stereocenters. The minimum atomic E-state index is -0.682. The van der Waals surface area contributed by atoms with Gasteiger partial charge in [-0.05, 0) is 30.5 Å². The first kappa shape index (κ1) is 14.2. The third-order valence-electron chi connectivity index (χ3n) is 2.73. The van der Waals surface area contributed by atoms with Crippen LogP contribution in [0.25, 0.3) is 0 Å². The van der Waals surface area contributed by atoms with E-state index in [1.165, 1.54) is 19.1 Å².